The van der Waals surface area contributed by atoms with Crippen LogP contribution in [0.3, 0.4) is 0 Å². The molecule has 24 heavy (non-hydrogen) atoms. The minimum absolute atomic E-state index is 0.0437. The number of anilines is 1. The van der Waals surface area contributed by atoms with E-state index in [0.717, 1.165) is 15.3 Å². The molecule has 0 unspecified atom stereocenters. The highest BCUT2D eigenvalue weighted by molar-refractivity contribution is 7.80. The molecule has 0 bridgehead atoms. The highest BCUT2D eigenvalue weighted by Crippen LogP contribution is 2.27. The van der Waals surface area contributed by atoms with Gasteiger partial charge in [-0.3, -0.25) is 19.8 Å². The van der Waals surface area contributed by atoms with Crippen LogP contribution >= 0.6 is 35.2 Å². The first-order valence-corrected chi connectivity index (χ1v) is 8.71. The molecule has 1 aliphatic rings. The zero-order valence-corrected chi connectivity index (χ0v) is 15.3. The predicted octanol–water partition coefficient (Wildman–Crippen LogP) is 3.85. The summed E-state index contributed by atoms with van der Waals surface area (Å²) in [4.78, 5) is 28.2. The molecule has 3 rings (SSSR count). The fourth-order valence-corrected chi connectivity index (χ4v) is 3.56. The first-order chi connectivity index (χ1) is 11.4. The van der Waals surface area contributed by atoms with Gasteiger partial charge in [0, 0.05) is 14.8 Å². The van der Waals surface area contributed by atoms with Crippen molar-refractivity contribution in [3.05, 3.63) is 56.2 Å². The number of carbonyl (C=O) groups excluding carboxylic acids is 2. The molecule has 0 spiro atoms. The lowest BCUT2D eigenvalue weighted by Crippen LogP contribution is -2.54. The molecule has 0 radical (unpaired) electrons. The van der Waals surface area contributed by atoms with Crippen LogP contribution in [0.4, 0.5) is 5.69 Å². The molecule has 2 heterocycles. The molecular weight excluding hydrogens is 364 g/mol. The van der Waals surface area contributed by atoms with E-state index < -0.39 is 11.8 Å². The second-order valence-electron chi connectivity index (χ2n) is 5.34. The second kappa shape index (κ2) is 6.47. The summed E-state index contributed by atoms with van der Waals surface area (Å²) in [5, 5.41) is 3.13. The number of aryl methyl sites for hydroxylation is 2. The van der Waals surface area contributed by atoms with Crippen LogP contribution in [0.25, 0.3) is 6.08 Å². The van der Waals surface area contributed by atoms with E-state index in [1.165, 1.54) is 16.2 Å². The lowest BCUT2D eigenvalue weighted by Gasteiger charge is -2.29. The minimum Gasteiger partial charge on any atom is -0.298 e. The molecule has 1 aromatic heterocycles. The largest absolute Gasteiger partial charge is 0.298 e. The van der Waals surface area contributed by atoms with E-state index in [9.17, 15) is 9.59 Å². The number of hydrogen-bond acceptors (Lipinski definition) is 4. The van der Waals surface area contributed by atoms with E-state index in [2.05, 4.69) is 5.32 Å². The molecule has 7 heteroatoms. The van der Waals surface area contributed by atoms with E-state index >= 15 is 0 Å². The van der Waals surface area contributed by atoms with Crippen LogP contribution < -0.4 is 10.2 Å². The Morgan fingerprint density at radius 1 is 1.21 bits per heavy atom. The molecule has 1 aromatic carbocycles. The summed E-state index contributed by atoms with van der Waals surface area (Å²) in [6.45, 7) is 3.83. The van der Waals surface area contributed by atoms with Gasteiger partial charge < -0.3 is 0 Å². The van der Waals surface area contributed by atoms with E-state index in [1.54, 1.807) is 24.3 Å². The van der Waals surface area contributed by atoms with Crippen LogP contribution in [-0.4, -0.2) is 16.9 Å². The normalized spacial score (nSPS) is 16.7. The quantitative estimate of drug-likeness (QED) is 0.492. The van der Waals surface area contributed by atoms with E-state index in [0.29, 0.717) is 10.7 Å². The average Bonchev–Trinajstić information content (AvgIpc) is 2.92. The molecule has 122 valence electrons. The van der Waals surface area contributed by atoms with Gasteiger partial charge in [-0.05, 0) is 62.0 Å². The Morgan fingerprint density at radius 3 is 2.58 bits per heavy atom. The fourth-order valence-electron chi connectivity index (χ4n) is 2.29. The smallest absolute Gasteiger partial charge is 0.270 e. The molecule has 0 saturated carbocycles. The number of nitrogens with one attached hydrogen (secondary N) is 1. The molecule has 2 aromatic rings. The van der Waals surface area contributed by atoms with Crippen molar-refractivity contribution in [1.29, 1.82) is 0 Å². The number of nitrogens with zero attached hydrogens (tertiary/aromatic N) is 1. The number of benzene rings is 1. The van der Waals surface area contributed by atoms with Crippen molar-refractivity contribution in [3.63, 3.8) is 0 Å². The van der Waals surface area contributed by atoms with Crippen molar-refractivity contribution in [2.75, 3.05) is 4.90 Å². The third-order valence-corrected chi connectivity index (χ3v) is 5.20. The van der Waals surface area contributed by atoms with Gasteiger partial charge in [-0.1, -0.05) is 17.7 Å². The SMILES string of the molecule is Cc1ccc(/C=C2\C(=O)NC(=S)N(c3ccc(C)c(Cl)c3)C2=O)s1. The first-order valence-electron chi connectivity index (χ1n) is 7.11. The molecule has 1 N–H and O–H groups in total. The summed E-state index contributed by atoms with van der Waals surface area (Å²) in [7, 11) is 0. The van der Waals surface area contributed by atoms with Crippen LogP contribution in [0.2, 0.25) is 5.02 Å². The summed E-state index contributed by atoms with van der Waals surface area (Å²) in [6, 6.07) is 9.01. The predicted molar refractivity (Wildman–Crippen MR) is 101 cm³/mol. The zero-order chi connectivity index (χ0) is 17.4. The number of thiophene rings is 1. The monoisotopic (exact) mass is 376 g/mol. The van der Waals surface area contributed by atoms with E-state index in [4.69, 9.17) is 23.8 Å². The lowest BCUT2D eigenvalue weighted by atomic mass is 10.1. The fraction of sp³-hybridized carbons (Fsp3) is 0.118. The van der Waals surface area contributed by atoms with Crippen molar-refractivity contribution in [2.24, 2.45) is 0 Å². The van der Waals surface area contributed by atoms with Crippen LogP contribution in [0.1, 0.15) is 15.3 Å². The first kappa shape index (κ1) is 16.8. The molecular formula is C17H13ClN2O2S2. The van der Waals surface area contributed by atoms with Crippen molar-refractivity contribution >= 4 is 63.8 Å². The Balaban J connectivity index is 2.02. The number of rotatable bonds is 2. The molecule has 4 nitrogen and oxygen atoms in total. The third-order valence-electron chi connectivity index (χ3n) is 3.56. The van der Waals surface area contributed by atoms with Crippen LogP contribution in [-0.2, 0) is 9.59 Å². The molecule has 0 atom stereocenters. The Morgan fingerprint density at radius 2 is 1.96 bits per heavy atom. The van der Waals surface area contributed by atoms with Crippen LogP contribution in [0.15, 0.2) is 35.9 Å². The Labute approximate surface area is 153 Å². The molecule has 1 saturated heterocycles. The van der Waals surface area contributed by atoms with Gasteiger partial charge in [0.05, 0.1) is 5.69 Å². The minimum atomic E-state index is -0.495. The highest BCUT2D eigenvalue weighted by atomic mass is 35.5. The number of carbonyl (C=O) groups is 2. The maximum atomic E-state index is 12.8. The topological polar surface area (TPSA) is 49.4 Å². The maximum Gasteiger partial charge on any atom is 0.270 e. The lowest BCUT2D eigenvalue weighted by molar-refractivity contribution is -0.122. The molecule has 1 aliphatic heterocycles. The number of halogens is 1. The average molecular weight is 377 g/mol. The van der Waals surface area contributed by atoms with Crippen molar-refractivity contribution < 1.29 is 9.59 Å². The van der Waals surface area contributed by atoms with Gasteiger partial charge in [-0.25, -0.2) is 0 Å². The molecule has 0 aliphatic carbocycles. The summed E-state index contributed by atoms with van der Waals surface area (Å²) >= 11 is 12.8. The summed E-state index contributed by atoms with van der Waals surface area (Å²) in [5.41, 5.74) is 1.46. The van der Waals surface area contributed by atoms with E-state index in [-0.39, 0.29) is 10.7 Å². The van der Waals surface area contributed by atoms with Gasteiger partial charge in [0.1, 0.15) is 5.57 Å². The van der Waals surface area contributed by atoms with Gasteiger partial charge in [0.2, 0.25) is 0 Å². The highest BCUT2D eigenvalue weighted by Gasteiger charge is 2.34. The number of amides is 2. The van der Waals surface area contributed by atoms with Gasteiger partial charge in [-0.15, -0.1) is 11.3 Å². The van der Waals surface area contributed by atoms with Gasteiger partial charge in [-0.2, -0.15) is 0 Å². The zero-order valence-electron chi connectivity index (χ0n) is 12.9. The maximum absolute atomic E-state index is 12.8. The van der Waals surface area contributed by atoms with Crippen molar-refractivity contribution in [2.45, 2.75) is 13.8 Å². The number of thiocarbonyl (C=S) groups is 1. The van der Waals surface area contributed by atoms with Crippen molar-refractivity contribution in [3.8, 4) is 0 Å². The standard InChI is InChI=1S/C17H13ClN2O2S2/c1-9-3-5-11(7-14(9)18)20-16(22)13(15(21)19-17(20)23)8-12-6-4-10(2)24-12/h3-8H,1-2H3,(H,19,21,23)/b13-8+. The van der Waals surface area contributed by atoms with Crippen molar-refractivity contribution in [1.82, 2.24) is 5.32 Å². The van der Waals surface area contributed by atoms with Crippen LogP contribution in [0.5, 0.6) is 0 Å². The molecule has 1 fully saturated rings. The van der Waals surface area contributed by atoms with E-state index in [1.807, 2.05) is 26.0 Å². The van der Waals surface area contributed by atoms with Gasteiger partial charge in [0.15, 0.2) is 5.11 Å². The summed E-state index contributed by atoms with van der Waals surface area (Å²) in [6.07, 6.45) is 1.58. The summed E-state index contributed by atoms with van der Waals surface area (Å²) < 4.78 is 0. The van der Waals surface area contributed by atoms with Crippen LogP contribution in [0, 0.1) is 13.8 Å². The Hall–Kier alpha value is -2.02. The Bertz CT molecular complexity index is 902. The number of hydrogen-bond donors (Lipinski definition) is 1. The van der Waals surface area contributed by atoms with Gasteiger partial charge in [0.25, 0.3) is 11.8 Å². The van der Waals surface area contributed by atoms with Gasteiger partial charge >= 0.3 is 0 Å². The summed E-state index contributed by atoms with van der Waals surface area (Å²) in [5.74, 6) is -0.958. The Kier molecular flexibility index (Phi) is 4.54. The molecule has 2 amide bonds. The third kappa shape index (κ3) is 3.13. The second-order valence-corrected chi connectivity index (χ2v) is 7.45.